The van der Waals surface area contributed by atoms with E-state index in [0.29, 0.717) is 44.7 Å². The van der Waals surface area contributed by atoms with Crippen molar-refractivity contribution < 1.29 is 14.3 Å². The molecule has 0 radical (unpaired) electrons. The Balaban J connectivity index is 1.55. The van der Waals surface area contributed by atoms with Crippen LogP contribution in [0.5, 0.6) is 5.75 Å². The Morgan fingerprint density at radius 3 is 2.74 bits per heavy atom. The van der Waals surface area contributed by atoms with Gasteiger partial charge in [-0.05, 0) is 37.6 Å². The molecule has 4 aromatic rings. The SMILES string of the molecule is COc1cc(CC(=O)Nc2cncc(C(=O)c3cn(C(C)C)c4ncncc34)c2)ccc1C#N. The summed E-state index contributed by atoms with van der Waals surface area (Å²) in [5.74, 6) is -0.116. The van der Waals surface area contributed by atoms with Gasteiger partial charge in [0.2, 0.25) is 5.91 Å². The molecule has 0 aliphatic carbocycles. The molecule has 0 atom stereocenters. The number of hydrogen-bond donors (Lipinski definition) is 1. The summed E-state index contributed by atoms with van der Waals surface area (Å²) in [6.45, 7) is 4.02. The summed E-state index contributed by atoms with van der Waals surface area (Å²) in [7, 11) is 1.47. The van der Waals surface area contributed by atoms with E-state index in [9.17, 15) is 9.59 Å². The van der Waals surface area contributed by atoms with E-state index < -0.39 is 0 Å². The number of benzene rings is 1. The first-order chi connectivity index (χ1) is 16.4. The summed E-state index contributed by atoms with van der Waals surface area (Å²) >= 11 is 0. The Morgan fingerprint density at radius 1 is 1.18 bits per heavy atom. The van der Waals surface area contributed by atoms with Crippen molar-refractivity contribution in [2.24, 2.45) is 0 Å². The van der Waals surface area contributed by atoms with Gasteiger partial charge >= 0.3 is 0 Å². The van der Waals surface area contributed by atoms with Gasteiger partial charge in [0.1, 0.15) is 23.8 Å². The fourth-order valence-electron chi connectivity index (χ4n) is 3.68. The molecule has 1 aromatic carbocycles. The van der Waals surface area contributed by atoms with E-state index in [0.717, 1.165) is 0 Å². The van der Waals surface area contributed by atoms with Gasteiger partial charge in [0.25, 0.3) is 0 Å². The maximum atomic E-state index is 13.3. The van der Waals surface area contributed by atoms with E-state index in [-0.39, 0.29) is 24.2 Å². The third-order valence-electron chi connectivity index (χ3n) is 5.33. The number of carbonyl (C=O) groups is 2. The Labute approximate surface area is 196 Å². The lowest BCUT2D eigenvalue weighted by molar-refractivity contribution is -0.115. The van der Waals surface area contributed by atoms with Crippen LogP contribution in [0.1, 0.15) is 46.9 Å². The maximum Gasteiger partial charge on any atom is 0.228 e. The molecule has 0 spiro atoms. The summed E-state index contributed by atoms with van der Waals surface area (Å²) in [4.78, 5) is 38.4. The predicted octanol–water partition coefficient (Wildman–Crippen LogP) is 3.70. The molecule has 0 saturated carbocycles. The number of ketones is 1. The van der Waals surface area contributed by atoms with Crippen molar-refractivity contribution >= 4 is 28.4 Å². The van der Waals surface area contributed by atoms with Crippen LogP contribution in [0.15, 0.2) is 55.4 Å². The van der Waals surface area contributed by atoms with Crippen molar-refractivity contribution in [2.75, 3.05) is 12.4 Å². The molecule has 9 nitrogen and oxygen atoms in total. The van der Waals surface area contributed by atoms with Crippen LogP contribution in [0.25, 0.3) is 11.0 Å². The van der Waals surface area contributed by atoms with E-state index in [1.54, 1.807) is 36.7 Å². The second kappa shape index (κ2) is 9.50. The quantitative estimate of drug-likeness (QED) is 0.422. The van der Waals surface area contributed by atoms with Crippen molar-refractivity contribution in [3.63, 3.8) is 0 Å². The molecule has 1 amide bonds. The minimum atomic E-state index is -0.289. The minimum Gasteiger partial charge on any atom is -0.495 e. The van der Waals surface area contributed by atoms with E-state index in [1.807, 2.05) is 24.5 Å². The topological polar surface area (TPSA) is 123 Å². The summed E-state index contributed by atoms with van der Waals surface area (Å²) in [5, 5.41) is 12.5. The minimum absolute atomic E-state index is 0.0689. The van der Waals surface area contributed by atoms with Crippen molar-refractivity contribution in [1.29, 1.82) is 5.26 Å². The van der Waals surface area contributed by atoms with Crippen LogP contribution in [0, 0.1) is 11.3 Å². The molecule has 0 aliphatic rings. The van der Waals surface area contributed by atoms with Gasteiger partial charge in [0, 0.05) is 35.6 Å². The Hall–Kier alpha value is -4.58. The summed E-state index contributed by atoms with van der Waals surface area (Å²) in [5.41, 5.74) is 2.98. The van der Waals surface area contributed by atoms with Crippen molar-refractivity contribution in [3.8, 4) is 11.8 Å². The van der Waals surface area contributed by atoms with Gasteiger partial charge in [0.05, 0.1) is 36.5 Å². The molecule has 0 fully saturated rings. The second-order valence-corrected chi connectivity index (χ2v) is 7.97. The molecule has 3 heterocycles. The zero-order chi connectivity index (χ0) is 24.2. The van der Waals surface area contributed by atoms with Gasteiger partial charge < -0.3 is 14.6 Å². The van der Waals surface area contributed by atoms with Gasteiger partial charge in [-0.1, -0.05) is 6.07 Å². The normalized spacial score (nSPS) is 10.8. The van der Waals surface area contributed by atoms with Crippen LogP contribution in [0.3, 0.4) is 0 Å². The van der Waals surface area contributed by atoms with Crippen LogP contribution in [-0.2, 0) is 11.2 Å². The fourth-order valence-corrected chi connectivity index (χ4v) is 3.68. The zero-order valence-electron chi connectivity index (χ0n) is 18.9. The monoisotopic (exact) mass is 454 g/mol. The lowest BCUT2D eigenvalue weighted by atomic mass is 10.1. The summed E-state index contributed by atoms with van der Waals surface area (Å²) in [6, 6.07) is 8.71. The van der Waals surface area contributed by atoms with Crippen molar-refractivity contribution in [1.82, 2.24) is 19.5 Å². The molecule has 1 N–H and O–H groups in total. The summed E-state index contributed by atoms with van der Waals surface area (Å²) < 4.78 is 7.12. The zero-order valence-corrected chi connectivity index (χ0v) is 18.9. The first kappa shape index (κ1) is 22.6. The molecule has 0 saturated heterocycles. The maximum absolute atomic E-state index is 13.3. The molecule has 170 valence electrons. The van der Waals surface area contributed by atoms with Gasteiger partial charge in [-0.3, -0.25) is 14.6 Å². The van der Waals surface area contributed by atoms with Gasteiger partial charge in [0.15, 0.2) is 5.78 Å². The van der Waals surface area contributed by atoms with Crippen LogP contribution in [0.2, 0.25) is 0 Å². The van der Waals surface area contributed by atoms with Crippen LogP contribution < -0.4 is 10.1 Å². The van der Waals surface area contributed by atoms with Gasteiger partial charge in [-0.15, -0.1) is 0 Å². The average molecular weight is 454 g/mol. The van der Waals surface area contributed by atoms with Crippen LogP contribution in [0.4, 0.5) is 5.69 Å². The number of pyridine rings is 1. The highest BCUT2D eigenvalue weighted by atomic mass is 16.5. The molecule has 0 bridgehead atoms. The Bertz CT molecular complexity index is 1430. The number of ether oxygens (including phenoxy) is 1. The van der Waals surface area contributed by atoms with E-state index >= 15 is 0 Å². The number of methoxy groups -OCH3 is 1. The molecule has 0 unspecified atom stereocenters. The number of aromatic nitrogens is 4. The highest BCUT2D eigenvalue weighted by molar-refractivity contribution is 6.16. The number of carbonyl (C=O) groups excluding carboxylic acids is 2. The molecule has 34 heavy (non-hydrogen) atoms. The molecule has 4 rings (SSSR count). The fraction of sp³-hybridized carbons (Fsp3) is 0.200. The number of nitriles is 1. The number of nitrogens with one attached hydrogen (secondary N) is 1. The average Bonchev–Trinajstić information content (AvgIpc) is 3.23. The highest BCUT2D eigenvalue weighted by Gasteiger charge is 2.20. The lowest BCUT2D eigenvalue weighted by Crippen LogP contribution is -2.15. The van der Waals surface area contributed by atoms with Crippen LogP contribution in [-0.4, -0.2) is 38.3 Å². The van der Waals surface area contributed by atoms with Crippen LogP contribution >= 0.6 is 0 Å². The first-order valence-electron chi connectivity index (χ1n) is 10.6. The number of amides is 1. The smallest absolute Gasteiger partial charge is 0.228 e. The molecule has 3 aromatic heterocycles. The second-order valence-electron chi connectivity index (χ2n) is 7.97. The third kappa shape index (κ3) is 4.47. The van der Waals surface area contributed by atoms with Gasteiger partial charge in [-0.2, -0.15) is 5.26 Å². The number of anilines is 1. The molecule has 9 heteroatoms. The standard InChI is InChI=1S/C25H22N6O3/c1-15(2)31-13-21(20-12-28-14-29-25(20)31)24(33)18-8-19(11-27-10-18)30-23(32)7-16-4-5-17(9-26)22(6-16)34-3/h4-6,8,10-15H,7H2,1-3H3,(H,30,32). The molecule has 0 aliphatic heterocycles. The van der Waals surface area contributed by atoms with Crippen molar-refractivity contribution in [3.05, 3.63) is 77.6 Å². The van der Waals surface area contributed by atoms with E-state index in [1.165, 1.54) is 25.8 Å². The predicted molar refractivity (Wildman–Crippen MR) is 126 cm³/mol. The number of rotatable bonds is 7. The Morgan fingerprint density at radius 2 is 2.00 bits per heavy atom. The number of nitrogens with zero attached hydrogens (tertiary/aromatic N) is 5. The van der Waals surface area contributed by atoms with Gasteiger partial charge in [-0.25, -0.2) is 9.97 Å². The highest BCUT2D eigenvalue weighted by Crippen LogP contribution is 2.25. The van der Waals surface area contributed by atoms with E-state index in [2.05, 4.69) is 20.3 Å². The number of hydrogen-bond acceptors (Lipinski definition) is 7. The third-order valence-corrected chi connectivity index (χ3v) is 5.33. The Kier molecular flexibility index (Phi) is 6.32. The summed E-state index contributed by atoms with van der Waals surface area (Å²) in [6.07, 6.45) is 7.87. The van der Waals surface area contributed by atoms with E-state index in [4.69, 9.17) is 10.00 Å². The number of fused-ring (bicyclic) bond motifs is 1. The molecular weight excluding hydrogens is 432 g/mol. The lowest BCUT2D eigenvalue weighted by Gasteiger charge is -2.08. The van der Waals surface area contributed by atoms with Crippen molar-refractivity contribution in [2.45, 2.75) is 26.3 Å². The first-order valence-corrected chi connectivity index (χ1v) is 10.6. The molecular formula is C25H22N6O3. The largest absolute Gasteiger partial charge is 0.495 e.